The van der Waals surface area contributed by atoms with Crippen molar-refractivity contribution in [2.24, 2.45) is 29.2 Å². The fraction of sp³-hybridized carbons (Fsp3) is 0.762. The second-order valence-electron chi connectivity index (χ2n) is 7.54. The lowest BCUT2D eigenvalue weighted by atomic mass is 10.0. The molecule has 0 aromatic carbocycles. The molecule has 28 heavy (non-hydrogen) atoms. The first kappa shape index (κ1) is 26.1. The second-order valence-corrected chi connectivity index (χ2v) is 7.54. The van der Waals surface area contributed by atoms with Crippen molar-refractivity contribution < 1.29 is 9.59 Å². The third-order valence-electron chi connectivity index (χ3n) is 4.74. The smallest absolute Gasteiger partial charge is 0.237 e. The molecule has 0 heterocycles. The van der Waals surface area contributed by atoms with Crippen molar-refractivity contribution in [2.45, 2.75) is 58.8 Å². The van der Waals surface area contributed by atoms with Crippen LogP contribution >= 0.6 is 0 Å². The molecule has 0 saturated heterocycles. The Morgan fingerprint density at radius 2 is 1.54 bits per heavy atom. The van der Waals surface area contributed by atoms with Gasteiger partial charge in [-0.1, -0.05) is 26.0 Å². The lowest BCUT2D eigenvalue weighted by Crippen LogP contribution is -2.31. The van der Waals surface area contributed by atoms with Gasteiger partial charge in [-0.15, -0.1) is 0 Å². The first-order valence-electron chi connectivity index (χ1n) is 10.4. The van der Waals surface area contributed by atoms with E-state index in [4.69, 9.17) is 11.5 Å². The van der Waals surface area contributed by atoms with Gasteiger partial charge in [0.1, 0.15) is 5.92 Å². The highest BCUT2D eigenvalue weighted by atomic mass is 16.2. The van der Waals surface area contributed by atoms with E-state index >= 15 is 0 Å². The van der Waals surface area contributed by atoms with Crippen molar-refractivity contribution in [3.8, 4) is 6.07 Å². The van der Waals surface area contributed by atoms with Crippen LogP contribution in [-0.2, 0) is 9.59 Å². The Labute approximate surface area is 170 Å². The summed E-state index contributed by atoms with van der Waals surface area (Å²) < 4.78 is 0. The van der Waals surface area contributed by atoms with E-state index in [9.17, 15) is 14.9 Å². The van der Waals surface area contributed by atoms with E-state index in [0.717, 1.165) is 25.7 Å². The number of nitrogens with two attached hydrogens (primary N) is 2. The van der Waals surface area contributed by atoms with Gasteiger partial charge in [-0.05, 0) is 63.5 Å². The number of nitrogens with one attached hydrogen (secondary N) is 2. The van der Waals surface area contributed by atoms with Gasteiger partial charge in [-0.3, -0.25) is 9.59 Å². The maximum Gasteiger partial charge on any atom is 0.237 e. The monoisotopic (exact) mass is 393 g/mol. The number of hydrogen-bond donors (Lipinski definition) is 4. The van der Waals surface area contributed by atoms with E-state index in [1.807, 2.05) is 6.08 Å². The molecule has 0 rings (SSSR count). The third kappa shape index (κ3) is 14.2. The summed E-state index contributed by atoms with van der Waals surface area (Å²) in [7, 11) is 0. The Hall–Kier alpha value is -1.91. The minimum absolute atomic E-state index is 0.0158. The van der Waals surface area contributed by atoms with Gasteiger partial charge in [0.05, 0.1) is 6.07 Å². The van der Waals surface area contributed by atoms with Crippen LogP contribution in [0.1, 0.15) is 58.8 Å². The summed E-state index contributed by atoms with van der Waals surface area (Å²) >= 11 is 0. The number of amides is 2. The number of carbonyl (C=O) groups is 2. The van der Waals surface area contributed by atoms with Crippen LogP contribution < -0.4 is 22.1 Å². The number of carbonyl (C=O) groups excluding carboxylic acids is 2. The van der Waals surface area contributed by atoms with Crippen LogP contribution in [0.5, 0.6) is 0 Å². The average Bonchev–Trinajstić information content (AvgIpc) is 2.70. The van der Waals surface area contributed by atoms with E-state index in [1.54, 1.807) is 6.08 Å². The second kappa shape index (κ2) is 17.2. The molecule has 7 heteroatoms. The normalized spacial score (nSPS) is 14.2. The van der Waals surface area contributed by atoms with Crippen LogP contribution in [0.2, 0.25) is 0 Å². The molecule has 0 bridgehead atoms. The maximum absolute atomic E-state index is 12.0. The molecule has 0 aliphatic heterocycles. The molecule has 6 N–H and O–H groups in total. The highest BCUT2D eigenvalue weighted by Gasteiger charge is 2.16. The summed E-state index contributed by atoms with van der Waals surface area (Å²) in [6, 6.07) is 2.06. The molecule has 3 unspecified atom stereocenters. The third-order valence-corrected chi connectivity index (χ3v) is 4.74. The Kier molecular flexibility index (Phi) is 16.0. The number of rotatable bonds is 16. The van der Waals surface area contributed by atoms with Crippen LogP contribution in [0.15, 0.2) is 12.2 Å². The van der Waals surface area contributed by atoms with Gasteiger partial charge in [-0.2, -0.15) is 5.26 Å². The Morgan fingerprint density at radius 3 is 2.07 bits per heavy atom. The van der Waals surface area contributed by atoms with Gasteiger partial charge in [-0.25, -0.2) is 0 Å². The predicted octanol–water partition coefficient (Wildman–Crippen LogP) is 1.84. The van der Waals surface area contributed by atoms with Crippen LogP contribution in [0.25, 0.3) is 0 Å². The topological polar surface area (TPSA) is 134 Å². The lowest BCUT2D eigenvalue weighted by molar-refractivity contribution is -0.123. The zero-order valence-electron chi connectivity index (χ0n) is 17.6. The Bertz CT molecular complexity index is 502. The molecule has 160 valence electrons. The summed E-state index contributed by atoms with van der Waals surface area (Å²) in [5.74, 6) is 0.0331. The maximum atomic E-state index is 12.0. The predicted molar refractivity (Wildman–Crippen MR) is 113 cm³/mol. The molecular weight excluding hydrogens is 354 g/mol. The standard InChI is InChI=1S/C21H39N5O2/c1-17(14-22)8-6-12-25-20(27)11-5-3-4-10-19(16-24)21(28)26-13-7-9-18(2)15-23/h3,5,17-19H,4,6-15,22-23H2,1-2H3,(H,25,27)(H,26,28). The number of nitrogens with zero attached hydrogens (tertiary/aromatic N) is 1. The van der Waals surface area contributed by atoms with E-state index in [2.05, 4.69) is 30.6 Å². The average molecular weight is 394 g/mol. The summed E-state index contributed by atoms with van der Waals surface area (Å²) in [4.78, 5) is 23.7. The Balaban J connectivity index is 3.87. The number of allylic oxidation sites excluding steroid dienone is 1. The first-order valence-corrected chi connectivity index (χ1v) is 10.4. The van der Waals surface area contributed by atoms with E-state index in [-0.39, 0.29) is 11.8 Å². The summed E-state index contributed by atoms with van der Waals surface area (Å²) in [5.41, 5.74) is 11.1. The molecule has 7 nitrogen and oxygen atoms in total. The first-order chi connectivity index (χ1) is 13.4. The van der Waals surface area contributed by atoms with Crippen molar-refractivity contribution in [2.75, 3.05) is 26.2 Å². The van der Waals surface area contributed by atoms with Crippen LogP contribution in [-0.4, -0.2) is 38.0 Å². The zero-order chi connectivity index (χ0) is 21.2. The van der Waals surface area contributed by atoms with Crippen molar-refractivity contribution >= 4 is 11.8 Å². The molecule has 0 fully saturated rings. The zero-order valence-corrected chi connectivity index (χ0v) is 17.6. The molecule has 0 aromatic rings. The van der Waals surface area contributed by atoms with Gasteiger partial charge >= 0.3 is 0 Å². The van der Waals surface area contributed by atoms with E-state index < -0.39 is 5.92 Å². The molecule has 0 saturated carbocycles. The van der Waals surface area contributed by atoms with Crippen LogP contribution in [0.4, 0.5) is 0 Å². The van der Waals surface area contributed by atoms with Gasteiger partial charge in [0.2, 0.25) is 11.8 Å². The summed E-state index contributed by atoms with van der Waals surface area (Å²) in [5, 5.41) is 14.9. The minimum atomic E-state index is -0.657. The molecule has 0 radical (unpaired) electrons. The molecule has 3 atom stereocenters. The molecule has 0 aromatic heterocycles. The lowest BCUT2D eigenvalue weighted by Gasteiger charge is -2.11. The van der Waals surface area contributed by atoms with Crippen molar-refractivity contribution in [3.05, 3.63) is 12.2 Å². The SMILES string of the molecule is CC(CN)CCCNC(=O)CC=CCCC(C#N)C(=O)NCCCC(C)CN. The van der Waals surface area contributed by atoms with E-state index in [1.165, 1.54) is 0 Å². The molecule has 0 aliphatic carbocycles. The van der Waals surface area contributed by atoms with Crippen molar-refractivity contribution in [3.63, 3.8) is 0 Å². The number of hydrogen-bond acceptors (Lipinski definition) is 5. The quantitative estimate of drug-likeness (QED) is 0.234. The number of nitriles is 1. The highest BCUT2D eigenvalue weighted by Crippen LogP contribution is 2.08. The molecular formula is C21H39N5O2. The van der Waals surface area contributed by atoms with Crippen LogP contribution in [0, 0.1) is 29.1 Å². The van der Waals surface area contributed by atoms with Gasteiger partial charge in [0.25, 0.3) is 0 Å². The summed E-state index contributed by atoms with van der Waals surface area (Å²) in [6.45, 7) is 6.73. The van der Waals surface area contributed by atoms with Crippen molar-refractivity contribution in [1.82, 2.24) is 10.6 Å². The molecule has 0 aliphatic rings. The van der Waals surface area contributed by atoms with Crippen molar-refractivity contribution in [1.29, 1.82) is 5.26 Å². The summed E-state index contributed by atoms with van der Waals surface area (Å²) in [6.07, 6.45) is 8.78. The highest BCUT2D eigenvalue weighted by molar-refractivity contribution is 5.81. The molecule has 0 spiro atoms. The van der Waals surface area contributed by atoms with Gasteiger partial charge in [0, 0.05) is 19.5 Å². The van der Waals surface area contributed by atoms with E-state index in [0.29, 0.717) is 57.3 Å². The van der Waals surface area contributed by atoms with Gasteiger partial charge < -0.3 is 22.1 Å². The fourth-order valence-corrected chi connectivity index (χ4v) is 2.60. The Morgan fingerprint density at radius 1 is 0.964 bits per heavy atom. The largest absolute Gasteiger partial charge is 0.356 e. The fourth-order valence-electron chi connectivity index (χ4n) is 2.60. The van der Waals surface area contributed by atoms with Crippen LogP contribution in [0.3, 0.4) is 0 Å². The minimum Gasteiger partial charge on any atom is -0.356 e. The molecule has 2 amide bonds. The van der Waals surface area contributed by atoms with Gasteiger partial charge in [0.15, 0.2) is 0 Å².